The lowest BCUT2D eigenvalue weighted by Gasteiger charge is -2.03. The molecule has 0 aliphatic heterocycles. The van der Waals surface area contributed by atoms with Crippen molar-refractivity contribution in [3.8, 4) is 0 Å². The maximum absolute atomic E-state index is 12.2. The summed E-state index contributed by atoms with van der Waals surface area (Å²) in [5.74, 6) is 0. The van der Waals surface area contributed by atoms with E-state index in [0.717, 1.165) is 0 Å². The molecule has 0 unspecified atom stereocenters. The first-order valence-corrected chi connectivity index (χ1v) is 3.25. The van der Waals surface area contributed by atoms with Crippen molar-refractivity contribution in [3.05, 3.63) is 28.4 Å². The Morgan fingerprint density at radius 3 is 2.73 bits per heavy atom. The summed E-state index contributed by atoms with van der Waals surface area (Å²) in [4.78, 5) is 2.84. The quantitative estimate of drug-likeness (QED) is 0.666. The van der Waals surface area contributed by atoms with Gasteiger partial charge in [-0.1, -0.05) is 15.9 Å². The Morgan fingerprint density at radius 1 is 1.55 bits per heavy atom. The van der Waals surface area contributed by atoms with Crippen LogP contribution in [0, 0.1) is 0 Å². The molecule has 0 amide bonds. The molecule has 5 heteroatoms. The average Bonchev–Trinajstić information content (AvgIpc) is 2.06. The minimum atomic E-state index is -4.77. The van der Waals surface area contributed by atoms with Crippen LogP contribution in [0.25, 0.3) is 0 Å². The van der Waals surface area contributed by atoms with Gasteiger partial charge < -0.3 is 0 Å². The van der Waals surface area contributed by atoms with Crippen molar-refractivity contribution in [1.82, 2.24) is 4.98 Å². The standard InChI is InChI=1S/C6H3BrF3N/c7-4-1-2-11-5(3-4)6(8,9)10/h1-3H/i1D,2D,3D. The molecule has 0 N–H and O–H groups in total. The van der Waals surface area contributed by atoms with Crippen molar-refractivity contribution >= 4 is 15.9 Å². The predicted molar refractivity (Wildman–Crippen MR) is 36.9 cm³/mol. The number of rotatable bonds is 0. The number of hydrogen-bond donors (Lipinski definition) is 0. The van der Waals surface area contributed by atoms with Crippen molar-refractivity contribution in [2.45, 2.75) is 6.18 Å². The van der Waals surface area contributed by atoms with Gasteiger partial charge in [0, 0.05) is 10.6 Å². The molecule has 0 aliphatic rings. The highest BCUT2D eigenvalue weighted by Crippen LogP contribution is 2.28. The van der Waals surface area contributed by atoms with Crippen LogP contribution >= 0.6 is 15.9 Å². The summed E-state index contributed by atoms with van der Waals surface area (Å²) >= 11 is 2.64. The fraction of sp³-hybridized carbons (Fsp3) is 0.167. The van der Waals surface area contributed by atoms with E-state index < -0.39 is 30.1 Å². The van der Waals surface area contributed by atoms with Gasteiger partial charge in [0.15, 0.2) is 0 Å². The Labute approximate surface area is 73.6 Å². The number of hydrogen-bond acceptors (Lipinski definition) is 1. The van der Waals surface area contributed by atoms with Crippen LogP contribution < -0.4 is 0 Å². The lowest BCUT2D eigenvalue weighted by molar-refractivity contribution is -0.141. The highest BCUT2D eigenvalue weighted by molar-refractivity contribution is 9.10. The van der Waals surface area contributed by atoms with E-state index in [9.17, 15) is 13.2 Å². The second-order valence-electron chi connectivity index (χ2n) is 1.63. The number of nitrogens with zero attached hydrogens (tertiary/aromatic N) is 1. The molecule has 1 aromatic rings. The van der Waals surface area contributed by atoms with Crippen LogP contribution in [0.3, 0.4) is 0 Å². The molecule has 0 saturated heterocycles. The third-order valence-electron chi connectivity index (χ3n) is 0.830. The van der Waals surface area contributed by atoms with E-state index in [4.69, 9.17) is 4.11 Å². The number of pyridine rings is 1. The zero-order chi connectivity index (χ0) is 11.1. The van der Waals surface area contributed by atoms with Crippen LogP contribution in [-0.2, 0) is 6.18 Å². The Bertz CT molecular complexity index is 380. The van der Waals surface area contributed by atoms with Gasteiger partial charge in [-0.2, -0.15) is 13.2 Å². The summed E-state index contributed by atoms with van der Waals surface area (Å²) in [5, 5.41) is 0. The third-order valence-corrected chi connectivity index (χ3v) is 1.23. The molecule has 11 heavy (non-hydrogen) atoms. The van der Waals surface area contributed by atoms with Crippen molar-refractivity contribution in [2.24, 2.45) is 0 Å². The SMILES string of the molecule is [2H]c1nc(C(F)(F)F)c([2H])c(Br)c1[2H]. The zero-order valence-corrected chi connectivity index (χ0v) is 6.55. The van der Waals surface area contributed by atoms with E-state index in [1.807, 2.05) is 0 Å². The summed E-state index contributed by atoms with van der Waals surface area (Å²) in [6, 6.07) is -1.44. The molecule has 1 nitrogen and oxygen atoms in total. The highest BCUT2D eigenvalue weighted by Gasteiger charge is 2.32. The zero-order valence-electron chi connectivity index (χ0n) is 7.96. The normalized spacial score (nSPS) is 15.5. The fourth-order valence-corrected chi connectivity index (χ4v) is 0.707. The van der Waals surface area contributed by atoms with Gasteiger partial charge in [-0.25, -0.2) is 0 Å². The monoisotopic (exact) mass is 228 g/mol. The summed E-state index contributed by atoms with van der Waals surface area (Å²) in [6.45, 7) is 0. The summed E-state index contributed by atoms with van der Waals surface area (Å²) in [6.07, 6.45) is -5.58. The smallest absolute Gasteiger partial charge is 0.252 e. The summed E-state index contributed by atoms with van der Waals surface area (Å²) in [5.41, 5.74) is -1.45. The lowest BCUT2D eigenvalue weighted by Crippen LogP contribution is -2.06. The van der Waals surface area contributed by atoms with Crippen molar-refractivity contribution in [3.63, 3.8) is 0 Å². The van der Waals surface area contributed by atoms with Gasteiger partial charge in [0.1, 0.15) is 5.69 Å². The molecular formula is C6H3BrF3N. The van der Waals surface area contributed by atoms with E-state index in [2.05, 4.69) is 20.9 Å². The van der Waals surface area contributed by atoms with Gasteiger partial charge in [0.2, 0.25) is 0 Å². The third kappa shape index (κ3) is 2.18. The summed E-state index contributed by atoms with van der Waals surface area (Å²) < 4.78 is 57.3. The van der Waals surface area contributed by atoms with Crippen LogP contribution in [0.5, 0.6) is 0 Å². The Hall–Kier alpha value is -0.580. The molecule has 0 fully saturated rings. The van der Waals surface area contributed by atoms with E-state index >= 15 is 0 Å². The van der Waals surface area contributed by atoms with Gasteiger partial charge in [0.05, 0.1) is 4.11 Å². The van der Waals surface area contributed by atoms with E-state index in [1.165, 1.54) is 0 Å². The number of aromatic nitrogens is 1. The maximum atomic E-state index is 12.2. The minimum Gasteiger partial charge on any atom is -0.252 e. The van der Waals surface area contributed by atoms with Crippen LogP contribution in [0.4, 0.5) is 13.2 Å². The van der Waals surface area contributed by atoms with E-state index in [1.54, 1.807) is 0 Å². The van der Waals surface area contributed by atoms with Crippen molar-refractivity contribution in [1.29, 1.82) is 0 Å². The largest absolute Gasteiger partial charge is 0.433 e. The van der Waals surface area contributed by atoms with Crippen LogP contribution in [-0.4, -0.2) is 4.98 Å². The van der Waals surface area contributed by atoms with Crippen LogP contribution in [0.1, 0.15) is 9.81 Å². The number of halogens is 4. The second kappa shape index (κ2) is 2.81. The molecule has 0 saturated carbocycles. The van der Waals surface area contributed by atoms with E-state index in [-0.39, 0.29) is 4.47 Å². The first-order chi connectivity index (χ1) is 6.25. The molecule has 0 radical (unpaired) electrons. The minimum absolute atomic E-state index is 0.371. The van der Waals surface area contributed by atoms with Gasteiger partial charge in [-0.15, -0.1) is 0 Å². The molecule has 1 rings (SSSR count). The molecule has 1 aromatic heterocycles. The Kier molecular flexibility index (Phi) is 1.31. The highest BCUT2D eigenvalue weighted by atomic mass is 79.9. The Balaban J connectivity index is 3.49. The van der Waals surface area contributed by atoms with Gasteiger partial charge in [-0.3, -0.25) is 4.98 Å². The maximum Gasteiger partial charge on any atom is 0.433 e. The van der Waals surface area contributed by atoms with Crippen molar-refractivity contribution in [2.75, 3.05) is 0 Å². The van der Waals surface area contributed by atoms with Gasteiger partial charge >= 0.3 is 6.18 Å². The average molecular weight is 229 g/mol. The first-order valence-electron chi connectivity index (χ1n) is 3.95. The van der Waals surface area contributed by atoms with E-state index in [0.29, 0.717) is 0 Å². The van der Waals surface area contributed by atoms with Crippen LogP contribution in [0.15, 0.2) is 22.7 Å². The fourth-order valence-electron chi connectivity index (χ4n) is 0.430. The molecule has 0 bridgehead atoms. The molecule has 0 spiro atoms. The van der Waals surface area contributed by atoms with Gasteiger partial charge in [0.25, 0.3) is 0 Å². The summed E-state index contributed by atoms with van der Waals surface area (Å²) in [7, 11) is 0. The Morgan fingerprint density at radius 2 is 2.18 bits per heavy atom. The van der Waals surface area contributed by atoms with Gasteiger partial charge in [-0.05, 0) is 12.1 Å². The predicted octanol–water partition coefficient (Wildman–Crippen LogP) is 2.86. The second-order valence-corrected chi connectivity index (χ2v) is 2.43. The molecule has 0 aliphatic carbocycles. The van der Waals surface area contributed by atoms with Crippen molar-refractivity contribution < 1.29 is 17.3 Å². The number of alkyl halides is 3. The van der Waals surface area contributed by atoms with Crippen LogP contribution in [0.2, 0.25) is 0 Å². The molecule has 0 atom stereocenters. The molecule has 60 valence electrons. The topological polar surface area (TPSA) is 12.9 Å². The first kappa shape index (κ1) is 5.13. The lowest BCUT2D eigenvalue weighted by atomic mass is 10.3. The molecular weight excluding hydrogens is 223 g/mol. The molecule has 0 aromatic carbocycles. The molecule has 1 heterocycles.